The number of esters is 1. The van der Waals surface area contributed by atoms with Crippen molar-refractivity contribution in [3.8, 4) is 0 Å². The number of hydrogen-bond donors (Lipinski definition) is 2. The molecule has 1 aliphatic rings. The highest BCUT2D eigenvalue weighted by Crippen LogP contribution is 2.51. The van der Waals surface area contributed by atoms with Crippen molar-refractivity contribution in [1.82, 2.24) is 10.3 Å². The van der Waals surface area contributed by atoms with Crippen LogP contribution in [0.15, 0.2) is 91.3 Å². The van der Waals surface area contributed by atoms with Gasteiger partial charge in [0.2, 0.25) is 5.91 Å². The van der Waals surface area contributed by atoms with Gasteiger partial charge in [-0.2, -0.15) is 0 Å². The number of nitrogens with one attached hydrogen (secondary N) is 2. The fourth-order valence-electron chi connectivity index (χ4n) is 9.94. The van der Waals surface area contributed by atoms with Crippen LogP contribution < -0.4 is 10.6 Å². The van der Waals surface area contributed by atoms with E-state index in [1.165, 1.54) is 15.0 Å². The van der Waals surface area contributed by atoms with E-state index in [4.69, 9.17) is 22.8 Å². The smallest absolute Gasteiger partial charge is 0.407 e. The molecule has 0 spiro atoms. The fourth-order valence-corrected chi connectivity index (χ4v) is 15.2. The highest BCUT2D eigenvalue weighted by Gasteiger charge is 2.51. The summed E-state index contributed by atoms with van der Waals surface area (Å²) in [4.78, 5) is 45.3. The predicted octanol–water partition coefficient (Wildman–Crippen LogP) is 18.0. The first kappa shape index (κ1) is 64.9. The van der Waals surface area contributed by atoms with Crippen molar-refractivity contribution in [3.05, 3.63) is 107 Å². The maximum atomic E-state index is 13.9. The second-order valence-electron chi connectivity index (χ2n) is 28.2. The number of hydrogen-bond acceptors (Lipinski definition) is 10. The Kier molecular flexibility index (Phi) is 21.6. The molecule has 440 valence electrons. The average Bonchev–Trinajstić information content (AvgIpc) is 3.92. The van der Waals surface area contributed by atoms with Crippen LogP contribution in [-0.4, -0.2) is 72.3 Å². The Morgan fingerprint density at radius 1 is 0.675 bits per heavy atom. The summed E-state index contributed by atoms with van der Waals surface area (Å²) in [5.74, 6) is -0.559. The average molecular weight is 1170 g/mol. The largest absolute Gasteiger partial charge is 0.461 e. The molecule has 4 unspecified atom stereocenters. The zero-order valence-corrected chi connectivity index (χ0v) is 55.8. The van der Waals surface area contributed by atoms with Crippen molar-refractivity contribution in [2.24, 2.45) is 11.8 Å². The van der Waals surface area contributed by atoms with Crippen LogP contribution in [0.5, 0.6) is 0 Å². The lowest BCUT2D eigenvalue weighted by atomic mass is 9.84. The van der Waals surface area contributed by atoms with Crippen molar-refractivity contribution < 1.29 is 37.1 Å². The highest BCUT2D eigenvalue weighted by molar-refractivity contribution is 7.19. The molecule has 3 aromatic carbocycles. The van der Waals surface area contributed by atoms with Crippen LogP contribution >= 0.6 is 11.3 Å². The van der Waals surface area contributed by atoms with Gasteiger partial charge in [-0.1, -0.05) is 130 Å². The number of pyridine rings is 1. The zero-order valence-electron chi connectivity index (χ0n) is 52.0. The molecule has 80 heavy (non-hydrogen) atoms. The number of aromatic nitrogens is 1. The lowest BCUT2D eigenvalue weighted by Crippen LogP contribution is -2.45. The van der Waals surface area contributed by atoms with Crippen molar-refractivity contribution >= 4 is 80.8 Å². The van der Waals surface area contributed by atoms with Crippen molar-refractivity contribution in [2.75, 3.05) is 11.9 Å². The van der Waals surface area contributed by atoms with Crippen molar-refractivity contribution in [3.63, 3.8) is 0 Å². The van der Waals surface area contributed by atoms with E-state index in [1.54, 1.807) is 33.2 Å². The summed E-state index contributed by atoms with van der Waals surface area (Å²) in [6.07, 6.45) is 11.2. The number of nitrogens with zero attached hydrogens (tertiary/aromatic N) is 1. The highest BCUT2D eigenvalue weighted by atomic mass is 32.1. The number of fused-ring (bicyclic) bond motifs is 2. The monoisotopic (exact) mass is 1170 g/mol. The molecule has 2 N–H and O–H groups in total. The molecule has 6 atom stereocenters. The predicted molar refractivity (Wildman–Crippen MR) is 339 cm³/mol. The van der Waals surface area contributed by atoms with Crippen LogP contribution in [0.3, 0.4) is 0 Å². The number of rotatable bonds is 24. The van der Waals surface area contributed by atoms with Gasteiger partial charge in [0.1, 0.15) is 12.2 Å². The second kappa shape index (κ2) is 26.6. The first-order chi connectivity index (χ1) is 37.1. The van der Waals surface area contributed by atoms with Crippen LogP contribution in [0.25, 0.3) is 20.9 Å². The molecule has 0 aliphatic heterocycles. The summed E-state index contributed by atoms with van der Waals surface area (Å²) >= 11 is 1.89. The summed E-state index contributed by atoms with van der Waals surface area (Å²) < 4.78 is 35.1. The number of unbranched alkanes of at least 4 members (excludes halogenated alkanes) is 3. The lowest BCUT2D eigenvalue weighted by molar-refractivity contribution is -0.145. The van der Waals surface area contributed by atoms with Gasteiger partial charge in [0.25, 0.3) is 0 Å². The van der Waals surface area contributed by atoms with Gasteiger partial charge in [0, 0.05) is 46.0 Å². The Morgan fingerprint density at radius 3 is 1.90 bits per heavy atom. The second-order valence-corrected chi connectivity index (χ2v) is 43.6. The van der Waals surface area contributed by atoms with E-state index in [2.05, 4.69) is 148 Å². The van der Waals surface area contributed by atoms with E-state index in [0.717, 1.165) is 67.7 Å². The number of ether oxygens (including phenoxy) is 2. The Balaban J connectivity index is 1.10. The van der Waals surface area contributed by atoms with E-state index in [1.807, 2.05) is 59.9 Å². The molecular weight excluding hydrogens is 1070 g/mol. The van der Waals surface area contributed by atoms with Gasteiger partial charge in [-0.15, -0.1) is 11.3 Å². The molecule has 1 aliphatic carbocycles. The Hall–Kier alpha value is -4.23. The molecular formula is C65H99N3O8SSi3. The number of thiophene rings is 1. The SMILES string of the molecule is CC(C)(C)OC(=O)NCC(C(=O)Nc1ccc2cnccc2c1)c1ccc(COC(=O)CCCCCCC2C(O[Si](C)(C)C(C)(C)C)CC(O[Si](C)(C)C(C)(C)C)[C@@H]2CC[C@@H](O[Si](C)(C)C(C)(C)C)c2cc3ccccc3s2)cc1. The summed E-state index contributed by atoms with van der Waals surface area (Å²) in [5, 5.41) is 9.24. The first-order valence-corrected chi connectivity index (χ1v) is 39.0. The molecule has 0 radical (unpaired) electrons. The van der Waals surface area contributed by atoms with E-state index < -0.39 is 42.6 Å². The first-order valence-electron chi connectivity index (χ1n) is 29.5. The number of carbonyl (C=O) groups is 3. The third-order valence-electron chi connectivity index (χ3n) is 17.8. The number of alkyl carbamates (subject to hydrolysis) is 1. The minimum atomic E-state index is -2.15. The molecule has 5 aromatic rings. The third-order valence-corrected chi connectivity index (χ3v) is 32.5. The molecule has 11 nitrogen and oxygen atoms in total. The summed E-state index contributed by atoms with van der Waals surface area (Å²) in [6.45, 7) is 41.0. The van der Waals surface area contributed by atoms with E-state index >= 15 is 0 Å². The quantitative estimate of drug-likeness (QED) is 0.0352. The summed E-state index contributed by atoms with van der Waals surface area (Å²) in [7, 11) is -6.42. The van der Waals surface area contributed by atoms with Crippen LogP contribution in [0.2, 0.25) is 54.4 Å². The van der Waals surface area contributed by atoms with E-state index in [9.17, 15) is 14.4 Å². The summed E-state index contributed by atoms with van der Waals surface area (Å²) in [6, 6.07) is 26.1. The normalized spacial score (nSPS) is 18.5. The standard InChI is InChI=1S/C65H99N3O8SSi3/c1-62(2,3)73-61(71)67-43-53(60(70)68-50-34-33-49-42-66-38-37-47(49)39-50)46-31-29-45(30-32-46)44-72-59(69)28-22-20-19-21-26-51-52(56(76-80(17,18)65(10,11)12)41-55(51)75-79(15,16)64(7,8)9)35-36-54(74-78(13,14)63(4,5)6)58-40-48-25-23-24-27-57(48)77-58/h23-25,27,29-34,37-40,42,51-56H,19-22,26,28,35-36,41,43-44H2,1-18H3,(H,67,71)(H,68,70)/t51?,52-,53?,54-,55?,56?/m1/s1. The van der Waals surface area contributed by atoms with Crippen LogP contribution in [0.1, 0.15) is 169 Å². The van der Waals surface area contributed by atoms with Gasteiger partial charge >= 0.3 is 12.1 Å². The molecule has 0 saturated heterocycles. The van der Waals surface area contributed by atoms with Crippen LogP contribution in [-0.2, 0) is 38.9 Å². The topological polar surface area (TPSA) is 134 Å². The van der Waals surface area contributed by atoms with Gasteiger partial charge in [0.05, 0.1) is 24.2 Å². The van der Waals surface area contributed by atoms with Crippen LogP contribution in [0.4, 0.5) is 10.5 Å². The lowest BCUT2D eigenvalue weighted by Gasteiger charge is -2.41. The summed E-state index contributed by atoms with van der Waals surface area (Å²) in [5.41, 5.74) is 1.45. The van der Waals surface area contributed by atoms with Crippen molar-refractivity contribution in [2.45, 2.75) is 232 Å². The Labute approximate surface area is 488 Å². The number of benzene rings is 3. The third kappa shape index (κ3) is 17.9. The van der Waals surface area contributed by atoms with Gasteiger partial charge in [-0.3, -0.25) is 14.6 Å². The van der Waals surface area contributed by atoms with E-state index in [0.29, 0.717) is 29.5 Å². The molecule has 1 saturated carbocycles. The minimum Gasteiger partial charge on any atom is -0.461 e. The molecule has 1 fully saturated rings. The maximum Gasteiger partial charge on any atom is 0.407 e. The number of amides is 2. The van der Waals surface area contributed by atoms with Crippen molar-refractivity contribution in [1.29, 1.82) is 0 Å². The molecule has 6 rings (SSSR count). The molecule has 2 heterocycles. The fraction of sp³-hybridized carbons (Fsp3) is 0.600. The molecule has 0 bridgehead atoms. The number of carbonyl (C=O) groups excluding carboxylic acids is 3. The van der Waals surface area contributed by atoms with Gasteiger partial charge < -0.3 is 33.4 Å². The van der Waals surface area contributed by atoms with E-state index in [-0.39, 0.29) is 58.5 Å². The molecule has 15 heteroatoms. The molecule has 2 amide bonds. The van der Waals surface area contributed by atoms with Gasteiger partial charge in [-0.05, 0) is 171 Å². The van der Waals surface area contributed by atoms with Crippen LogP contribution in [0, 0.1) is 11.8 Å². The van der Waals surface area contributed by atoms with Gasteiger partial charge in [-0.25, -0.2) is 4.79 Å². The zero-order chi connectivity index (χ0) is 59.1. The maximum absolute atomic E-state index is 13.9. The molecule has 2 aromatic heterocycles. The minimum absolute atomic E-state index is 0.00735. The number of anilines is 1. The van der Waals surface area contributed by atoms with Gasteiger partial charge in [0.15, 0.2) is 25.0 Å². The Morgan fingerprint density at radius 2 is 1.29 bits per heavy atom. The Bertz CT molecular complexity index is 2810.